The molecule has 13 heteroatoms. The van der Waals surface area contributed by atoms with Crippen LogP contribution in [0.15, 0.2) is 13.9 Å². The first-order valence-electron chi connectivity index (χ1n) is 5.46. The molecule has 0 saturated heterocycles. The molecule has 0 radical (unpaired) electrons. The summed E-state index contributed by atoms with van der Waals surface area (Å²) < 4.78 is 23.8. The molecule has 110 valence electrons. The van der Waals surface area contributed by atoms with Crippen molar-refractivity contribution in [3.8, 4) is 11.8 Å². The second kappa shape index (κ2) is 5.32. The van der Waals surface area contributed by atoms with Gasteiger partial charge in [0.1, 0.15) is 24.6 Å². The highest BCUT2D eigenvalue weighted by Crippen LogP contribution is 2.18. The fourth-order valence-electron chi connectivity index (χ4n) is 1.29. The van der Waals surface area contributed by atoms with Crippen LogP contribution in [0, 0.1) is 0 Å². The highest BCUT2D eigenvalue weighted by atomic mass is 16.6. The molecule has 3 aromatic rings. The second-order valence-electron chi connectivity index (χ2n) is 3.64. The van der Waals surface area contributed by atoms with Gasteiger partial charge in [0.25, 0.3) is 0 Å². The number of nitrogens with two attached hydrogens (primary N) is 2. The van der Waals surface area contributed by atoms with E-state index in [0.29, 0.717) is 11.4 Å². The minimum Gasteiger partial charge on any atom is -0.466 e. The molecule has 0 aliphatic rings. The number of nitrogens with zero attached hydrogens (tertiary/aromatic N) is 6. The SMILES string of the molecule is Nc1nonc1OCc1nonc1COc1nonc1N. The van der Waals surface area contributed by atoms with E-state index in [4.69, 9.17) is 20.9 Å². The van der Waals surface area contributed by atoms with Gasteiger partial charge in [-0.05, 0) is 20.6 Å². The van der Waals surface area contributed by atoms with E-state index in [9.17, 15) is 0 Å². The quantitative estimate of drug-likeness (QED) is 0.573. The van der Waals surface area contributed by atoms with E-state index in [0.717, 1.165) is 0 Å². The highest BCUT2D eigenvalue weighted by molar-refractivity contribution is 5.37. The minimum absolute atomic E-state index is 0.0192. The standard InChI is InChI=1S/C8H8N8O5/c9-5-7(15-20-13-5)17-1-3-4(12-19-11-3)2-18-8-6(10)14-21-16-8/h1-2H2,(H2,9,13)(H2,10,14). The third-order valence-electron chi connectivity index (χ3n) is 2.29. The predicted molar refractivity (Wildman–Crippen MR) is 60.4 cm³/mol. The topological polar surface area (TPSA) is 187 Å². The molecule has 0 aliphatic heterocycles. The van der Waals surface area contributed by atoms with Crippen LogP contribution in [0.4, 0.5) is 11.6 Å². The van der Waals surface area contributed by atoms with Crippen molar-refractivity contribution >= 4 is 11.6 Å². The molecule has 3 heterocycles. The summed E-state index contributed by atoms with van der Waals surface area (Å²) in [5.74, 6) is 0.112. The predicted octanol–water partition coefficient (Wildman–Crippen LogP) is -0.842. The van der Waals surface area contributed by atoms with Crippen LogP contribution in [0.25, 0.3) is 0 Å². The lowest BCUT2D eigenvalue weighted by molar-refractivity contribution is 0.235. The van der Waals surface area contributed by atoms with Gasteiger partial charge in [-0.3, -0.25) is 0 Å². The molecular formula is C8H8N8O5. The van der Waals surface area contributed by atoms with Crippen molar-refractivity contribution in [1.82, 2.24) is 30.9 Å². The van der Waals surface area contributed by atoms with Crippen LogP contribution in [0.3, 0.4) is 0 Å². The summed E-state index contributed by atoms with van der Waals surface area (Å²) in [7, 11) is 0. The number of hydrogen-bond donors (Lipinski definition) is 2. The smallest absolute Gasteiger partial charge is 0.300 e. The first-order valence-corrected chi connectivity index (χ1v) is 5.46. The lowest BCUT2D eigenvalue weighted by Gasteiger charge is -2.01. The minimum atomic E-state index is -0.0207. The molecular weight excluding hydrogens is 288 g/mol. The van der Waals surface area contributed by atoms with Crippen LogP contribution in [0.2, 0.25) is 0 Å². The van der Waals surface area contributed by atoms with Crippen molar-refractivity contribution in [3.05, 3.63) is 11.4 Å². The Bertz CT molecular complexity index is 661. The number of anilines is 2. The van der Waals surface area contributed by atoms with Crippen molar-refractivity contribution in [1.29, 1.82) is 0 Å². The zero-order valence-electron chi connectivity index (χ0n) is 10.3. The number of ether oxygens (including phenoxy) is 2. The summed E-state index contributed by atoms with van der Waals surface area (Å²) in [5.41, 5.74) is 11.6. The largest absolute Gasteiger partial charge is 0.466 e. The van der Waals surface area contributed by atoms with E-state index < -0.39 is 0 Å². The van der Waals surface area contributed by atoms with Gasteiger partial charge in [0.2, 0.25) is 11.6 Å². The van der Waals surface area contributed by atoms with Gasteiger partial charge in [0.05, 0.1) is 0 Å². The molecule has 3 aromatic heterocycles. The van der Waals surface area contributed by atoms with Gasteiger partial charge in [0, 0.05) is 0 Å². The zero-order chi connectivity index (χ0) is 14.7. The summed E-state index contributed by atoms with van der Waals surface area (Å²) >= 11 is 0. The first kappa shape index (κ1) is 12.6. The summed E-state index contributed by atoms with van der Waals surface area (Å²) in [6.07, 6.45) is 0. The number of rotatable bonds is 6. The molecule has 0 atom stereocenters. The van der Waals surface area contributed by atoms with Crippen molar-refractivity contribution in [3.63, 3.8) is 0 Å². The monoisotopic (exact) mass is 296 g/mol. The maximum atomic E-state index is 5.44. The lowest BCUT2D eigenvalue weighted by atomic mass is 10.3. The van der Waals surface area contributed by atoms with E-state index in [2.05, 4.69) is 44.8 Å². The van der Waals surface area contributed by atoms with Crippen LogP contribution in [-0.2, 0) is 13.2 Å². The second-order valence-corrected chi connectivity index (χ2v) is 3.64. The van der Waals surface area contributed by atoms with E-state index in [1.54, 1.807) is 0 Å². The number of aromatic nitrogens is 6. The molecule has 13 nitrogen and oxygen atoms in total. The molecule has 3 rings (SSSR count). The Morgan fingerprint density at radius 3 is 1.48 bits per heavy atom. The Morgan fingerprint density at radius 1 is 0.667 bits per heavy atom. The molecule has 0 unspecified atom stereocenters. The van der Waals surface area contributed by atoms with Crippen LogP contribution in [-0.4, -0.2) is 30.9 Å². The van der Waals surface area contributed by atoms with Crippen molar-refractivity contribution < 1.29 is 23.4 Å². The van der Waals surface area contributed by atoms with Gasteiger partial charge in [-0.2, -0.15) is 0 Å². The molecule has 0 saturated carbocycles. The van der Waals surface area contributed by atoms with E-state index in [1.807, 2.05) is 0 Å². The summed E-state index contributed by atoms with van der Waals surface area (Å²) in [4.78, 5) is 0. The third kappa shape index (κ3) is 2.65. The fraction of sp³-hybridized carbons (Fsp3) is 0.250. The maximum absolute atomic E-state index is 5.44. The normalized spacial score (nSPS) is 10.7. The van der Waals surface area contributed by atoms with Gasteiger partial charge < -0.3 is 20.9 Å². The van der Waals surface area contributed by atoms with Crippen LogP contribution < -0.4 is 20.9 Å². The summed E-state index contributed by atoms with van der Waals surface area (Å²) in [6, 6.07) is 0. The third-order valence-corrected chi connectivity index (χ3v) is 2.29. The molecule has 0 fully saturated rings. The van der Waals surface area contributed by atoms with Crippen LogP contribution in [0.1, 0.15) is 11.4 Å². The van der Waals surface area contributed by atoms with Gasteiger partial charge in [-0.15, -0.1) is 0 Å². The van der Waals surface area contributed by atoms with Crippen LogP contribution >= 0.6 is 0 Å². The zero-order valence-corrected chi connectivity index (χ0v) is 10.3. The molecule has 0 amide bonds. The average Bonchev–Trinajstić information content (AvgIpc) is 3.17. The first-order chi connectivity index (χ1) is 10.2. The molecule has 0 aliphatic carbocycles. The summed E-state index contributed by atoms with van der Waals surface area (Å²) in [5, 5.41) is 21.0. The Kier molecular flexibility index (Phi) is 3.20. The molecule has 4 N–H and O–H groups in total. The molecule has 21 heavy (non-hydrogen) atoms. The Balaban J connectivity index is 1.61. The molecule has 0 bridgehead atoms. The van der Waals surface area contributed by atoms with Crippen LogP contribution in [0.5, 0.6) is 11.8 Å². The maximum Gasteiger partial charge on any atom is 0.300 e. The Morgan fingerprint density at radius 2 is 1.10 bits per heavy atom. The van der Waals surface area contributed by atoms with Gasteiger partial charge in [-0.1, -0.05) is 10.3 Å². The van der Waals surface area contributed by atoms with Crippen molar-refractivity contribution in [2.75, 3.05) is 11.5 Å². The van der Waals surface area contributed by atoms with Gasteiger partial charge in [-0.25, -0.2) is 13.9 Å². The average molecular weight is 296 g/mol. The highest BCUT2D eigenvalue weighted by Gasteiger charge is 2.16. The summed E-state index contributed by atoms with van der Waals surface area (Å²) in [6.45, 7) is -0.0414. The Labute approximate surface area is 115 Å². The Hall–Kier alpha value is -3.38. The molecule has 0 spiro atoms. The van der Waals surface area contributed by atoms with Crippen molar-refractivity contribution in [2.45, 2.75) is 13.2 Å². The lowest BCUT2D eigenvalue weighted by Crippen LogP contribution is -2.05. The fourth-order valence-corrected chi connectivity index (χ4v) is 1.29. The van der Waals surface area contributed by atoms with E-state index in [-0.39, 0.29) is 36.6 Å². The van der Waals surface area contributed by atoms with E-state index in [1.165, 1.54) is 0 Å². The number of nitrogen functional groups attached to an aromatic ring is 2. The number of hydrogen-bond acceptors (Lipinski definition) is 13. The molecule has 0 aromatic carbocycles. The van der Waals surface area contributed by atoms with Gasteiger partial charge >= 0.3 is 11.8 Å². The van der Waals surface area contributed by atoms with Crippen molar-refractivity contribution in [2.24, 2.45) is 0 Å². The van der Waals surface area contributed by atoms with Gasteiger partial charge in [0.15, 0.2) is 0 Å². The van der Waals surface area contributed by atoms with E-state index >= 15 is 0 Å².